The third-order valence-electron chi connectivity index (χ3n) is 3.78. The van der Waals surface area contributed by atoms with Crippen LogP contribution in [0.25, 0.3) is 11.4 Å². The van der Waals surface area contributed by atoms with E-state index < -0.39 is 0 Å². The van der Waals surface area contributed by atoms with Gasteiger partial charge in [-0.2, -0.15) is 9.78 Å². The molecule has 0 aliphatic carbocycles. The molecule has 2 aromatic heterocycles. The topological polar surface area (TPSA) is 70.7 Å². The molecule has 0 aliphatic rings. The maximum absolute atomic E-state index is 5.40. The highest BCUT2D eigenvalue weighted by Crippen LogP contribution is 2.27. The van der Waals surface area contributed by atoms with Crippen molar-refractivity contribution in [3.05, 3.63) is 72.6 Å². The molecule has 0 spiro atoms. The summed E-state index contributed by atoms with van der Waals surface area (Å²) in [5.74, 6) is 1.43. The van der Waals surface area contributed by atoms with Crippen LogP contribution >= 0.6 is 11.8 Å². The Hall–Kier alpha value is -3.13. The van der Waals surface area contributed by atoms with Crippen LogP contribution in [0.15, 0.2) is 72.1 Å². The van der Waals surface area contributed by atoms with E-state index >= 15 is 0 Å². The van der Waals surface area contributed by atoms with Gasteiger partial charge in [-0.1, -0.05) is 42.1 Å². The van der Waals surface area contributed by atoms with Crippen molar-refractivity contribution in [1.29, 1.82) is 0 Å². The zero-order valence-electron chi connectivity index (χ0n) is 14.1. The first-order valence-electron chi connectivity index (χ1n) is 7.98. The number of para-hydroxylation sites is 3. The molecule has 8 heteroatoms. The van der Waals surface area contributed by atoms with Gasteiger partial charge in [-0.25, -0.2) is 4.68 Å². The van der Waals surface area contributed by atoms with Gasteiger partial charge in [0.2, 0.25) is 5.16 Å². The van der Waals surface area contributed by atoms with Crippen LogP contribution in [0, 0.1) is 0 Å². The fourth-order valence-electron chi connectivity index (χ4n) is 2.53. The van der Waals surface area contributed by atoms with E-state index in [2.05, 4.69) is 20.6 Å². The minimum absolute atomic E-state index is 0.696. The summed E-state index contributed by atoms with van der Waals surface area (Å²) in [7, 11) is 1.63. The molecule has 0 amide bonds. The van der Waals surface area contributed by atoms with E-state index in [9.17, 15) is 0 Å². The van der Waals surface area contributed by atoms with Gasteiger partial charge in [0.05, 0.1) is 19.0 Å². The molecule has 2 heterocycles. The van der Waals surface area contributed by atoms with Gasteiger partial charge >= 0.3 is 0 Å². The van der Waals surface area contributed by atoms with Gasteiger partial charge in [0, 0.05) is 17.5 Å². The molecule has 0 atom stereocenters. The number of rotatable bonds is 6. The Bertz CT molecular complexity index is 998. The van der Waals surface area contributed by atoms with Crippen molar-refractivity contribution in [2.24, 2.45) is 0 Å². The molecule has 4 aromatic rings. The molecule has 0 saturated carbocycles. The molecule has 130 valence electrons. The van der Waals surface area contributed by atoms with E-state index in [1.165, 1.54) is 0 Å². The Labute approximate surface area is 154 Å². The summed E-state index contributed by atoms with van der Waals surface area (Å²) in [6, 6.07) is 17.7. The first-order chi connectivity index (χ1) is 12.8. The number of hydrogen-bond acceptors (Lipinski definition) is 6. The largest absolute Gasteiger partial charge is 0.494 e. The molecule has 26 heavy (non-hydrogen) atoms. The fourth-order valence-corrected chi connectivity index (χ4v) is 3.33. The second-order valence-electron chi connectivity index (χ2n) is 5.46. The average molecular weight is 364 g/mol. The van der Waals surface area contributed by atoms with E-state index in [4.69, 9.17) is 4.74 Å². The van der Waals surface area contributed by atoms with Gasteiger partial charge in [-0.3, -0.25) is 0 Å². The maximum Gasteiger partial charge on any atom is 0.214 e. The number of ether oxygens (including phenoxy) is 1. The summed E-state index contributed by atoms with van der Waals surface area (Å²) in [6.45, 7) is 0. The maximum atomic E-state index is 5.40. The predicted molar refractivity (Wildman–Crippen MR) is 98.8 cm³/mol. The Kier molecular flexibility index (Phi) is 4.65. The Morgan fingerprint density at radius 1 is 1.04 bits per heavy atom. The molecule has 0 saturated heterocycles. The number of tetrazole rings is 1. The van der Waals surface area contributed by atoms with Crippen LogP contribution in [0.1, 0.15) is 5.56 Å². The van der Waals surface area contributed by atoms with E-state index in [1.807, 2.05) is 71.7 Å². The highest BCUT2D eigenvalue weighted by atomic mass is 32.2. The Morgan fingerprint density at radius 2 is 1.85 bits per heavy atom. The van der Waals surface area contributed by atoms with Crippen LogP contribution in [0.5, 0.6) is 5.75 Å². The molecule has 0 bridgehead atoms. The lowest BCUT2D eigenvalue weighted by molar-refractivity contribution is 0.410. The lowest BCUT2D eigenvalue weighted by atomic mass is 10.3. The van der Waals surface area contributed by atoms with Crippen LogP contribution in [-0.2, 0) is 5.75 Å². The van der Waals surface area contributed by atoms with E-state index in [1.54, 1.807) is 23.6 Å². The average Bonchev–Trinajstić information content (AvgIpc) is 3.36. The zero-order chi connectivity index (χ0) is 17.8. The monoisotopic (exact) mass is 364 g/mol. The second-order valence-corrected chi connectivity index (χ2v) is 6.40. The number of nitrogens with zero attached hydrogens (tertiary/aromatic N) is 6. The molecule has 0 N–H and O–H groups in total. The smallest absolute Gasteiger partial charge is 0.214 e. The number of aromatic nitrogens is 6. The van der Waals surface area contributed by atoms with Crippen molar-refractivity contribution in [2.45, 2.75) is 10.9 Å². The van der Waals surface area contributed by atoms with Crippen molar-refractivity contribution < 1.29 is 4.74 Å². The molecule has 0 fully saturated rings. The van der Waals surface area contributed by atoms with Crippen LogP contribution < -0.4 is 4.74 Å². The standard InChI is InChI=1S/C18H16N6OS/c1-25-17-10-6-5-9-16(17)24-18(20-21-22-24)26-13-14-11-19-23(12-14)15-7-3-2-4-8-15/h2-12H,13H2,1H3. The number of hydrogen-bond donors (Lipinski definition) is 0. The number of thioether (sulfide) groups is 1. The number of methoxy groups -OCH3 is 1. The minimum atomic E-state index is 0.696. The van der Waals surface area contributed by atoms with Crippen molar-refractivity contribution in [3.8, 4) is 17.1 Å². The molecular weight excluding hydrogens is 348 g/mol. The third-order valence-corrected chi connectivity index (χ3v) is 4.77. The van der Waals surface area contributed by atoms with Crippen LogP contribution in [-0.4, -0.2) is 37.1 Å². The van der Waals surface area contributed by atoms with Gasteiger partial charge in [0.15, 0.2) is 0 Å². The molecule has 0 aliphatic heterocycles. The second kappa shape index (κ2) is 7.40. The first kappa shape index (κ1) is 16.3. The van der Waals surface area contributed by atoms with E-state index in [0.29, 0.717) is 10.9 Å². The summed E-state index contributed by atoms with van der Waals surface area (Å²) in [4.78, 5) is 0. The molecule has 2 aromatic carbocycles. The van der Waals surface area contributed by atoms with Crippen LogP contribution in [0.2, 0.25) is 0 Å². The molecule has 0 unspecified atom stereocenters. The quantitative estimate of drug-likeness (QED) is 0.490. The Balaban J connectivity index is 1.52. The molecule has 7 nitrogen and oxygen atoms in total. The van der Waals surface area contributed by atoms with Crippen LogP contribution in [0.4, 0.5) is 0 Å². The van der Waals surface area contributed by atoms with E-state index in [0.717, 1.165) is 22.7 Å². The highest BCUT2D eigenvalue weighted by Gasteiger charge is 2.13. The SMILES string of the molecule is COc1ccccc1-n1nnnc1SCc1cnn(-c2ccccc2)c1. The Morgan fingerprint density at radius 3 is 2.69 bits per heavy atom. The van der Waals surface area contributed by atoms with Crippen molar-refractivity contribution in [2.75, 3.05) is 7.11 Å². The summed E-state index contributed by atoms with van der Waals surface area (Å²) in [6.07, 6.45) is 3.87. The van der Waals surface area contributed by atoms with Crippen LogP contribution in [0.3, 0.4) is 0 Å². The van der Waals surface area contributed by atoms with Gasteiger partial charge in [-0.05, 0) is 34.7 Å². The molecule has 0 radical (unpaired) electrons. The lowest BCUT2D eigenvalue weighted by Gasteiger charge is -2.08. The highest BCUT2D eigenvalue weighted by molar-refractivity contribution is 7.98. The summed E-state index contributed by atoms with van der Waals surface area (Å²) in [5, 5.41) is 17.1. The molecule has 4 rings (SSSR count). The summed E-state index contributed by atoms with van der Waals surface area (Å²) >= 11 is 1.55. The van der Waals surface area contributed by atoms with Crippen molar-refractivity contribution in [3.63, 3.8) is 0 Å². The van der Waals surface area contributed by atoms with Gasteiger partial charge in [0.1, 0.15) is 11.4 Å². The third kappa shape index (κ3) is 3.31. The van der Waals surface area contributed by atoms with Crippen molar-refractivity contribution in [1.82, 2.24) is 30.0 Å². The minimum Gasteiger partial charge on any atom is -0.494 e. The normalized spacial score (nSPS) is 10.8. The number of benzene rings is 2. The lowest BCUT2D eigenvalue weighted by Crippen LogP contribution is -2.01. The fraction of sp³-hybridized carbons (Fsp3) is 0.111. The summed E-state index contributed by atoms with van der Waals surface area (Å²) < 4.78 is 8.95. The van der Waals surface area contributed by atoms with E-state index in [-0.39, 0.29) is 0 Å². The van der Waals surface area contributed by atoms with Gasteiger partial charge < -0.3 is 4.74 Å². The van der Waals surface area contributed by atoms with Crippen molar-refractivity contribution >= 4 is 11.8 Å². The van der Waals surface area contributed by atoms with Gasteiger partial charge in [0.25, 0.3) is 0 Å². The zero-order valence-corrected chi connectivity index (χ0v) is 14.9. The first-order valence-corrected chi connectivity index (χ1v) is 8.97. The van der Waals surface area contributed by atoms with Gasteiger partial charge in [-0.15, -0.1) is 5.10 Å². The summed E-state index contributed by atoms with van der Waals surface area (Å²) in [5.41, 5.74) is 2.93. The predicted octanol–water partition coefficient (Wildman–Crippen LogP) is 3.15. The molecular formula is C18H16N6OS.